The highest BCUT2D eigenvalue weighted by atomic mass is 35.5. The van der Waals surface area contributed by atoms with E-state index in [1.165, 1.54) is 0 Å². The summed E-state index contributed by atoms with van der Waals surface area (Å²) in [7, 11) is 1.60. The molecule has 2 rings (SSSR count). The van der Waals surface area contributed by atoms with E-state index < -0.39 is 0 Å². The highest BCUT2D eigenvalue weighted by molar-refractivity contribution is 6.31. The van der Waals surface area contributed by atoms with E-state index in [9.17, 15) is 0 Å². The molecule has 1 heterocycles. The van der Waals surface area contributed by atoms with Gasteiger partial charge in [0.1, 0.15) is 5.75 Å². The summed E-state index contributed by atoms with van der Waals surface area (Å²) < 4.78 is 5.12. The summed E-state index contributed by atoms with van der Waals surface area (Å²) in [5.41, 5.74) is 7.91. The Labute approximate surface area is 105 Å². The van der Waals surface area contributed by atoms with Crippen molar-refractivity contribution in [1.82, 2.24) is 4.98 Å². The molecule has 0 radical (unpaired) electrons. The standard InChI is InChI=1S/C13H13ClN2O/c1-17-10-6-9(7-16-8-10)13(15)11-4-2-3-5-12(11)14/h2-8,13H,15H2,1H3. The van der Waals surface area contributed by atoms with Crippen LogP contribution < -0.4 is 10.5 Å². The van der Waals surface area contributed by atoms with E-state index in [0.29, 0.717) is 10.8 Å². The van der Waals surface area contributed by atoms with Gasteiger partial charge in [-0.05, 0) is 23.3 Å². The fourth-order valence-electron chi connectivity index (χ4n) is 1.62. The Morgan fingerprint density at radius 3 is 2.76 bits per heavy atom. The SMILES string of the molecule is COc1cncc(C(N)c2ccccc2Cl)c1. The third-order valence-electron chi connectivity index (χ3n) is 2.57. The van der Waals surface area contributed by atoms with E-state index in [1.807, 2.05) is 30.3 Å². The summed E-state index contributed by atoms with van der Waals surface area (Å²) >= 11 is 6.11. The van der Waals surface area contributed by atoms with Crippen LogP contribution in [0.3, 0.4) is 0 Å². The average Bonchev–Trinajstić information content (AvgIpc) is 2.38. The predicted octanol–water partition coefficient (Wildman–Crippen LogP) is 2.79. The Balaban J connectivity index is 2.37. The molecule has 2 aromatic rings. The lowest BCUT2D eigenvalue weighted by Gasteiger charge is -2.14. The van der Waals surface area contributed by atoms with Crippen molar-refractivity contribution < 1.29 is 4.74 Å². The van der Waals surface area contributed by atoms with Gasteiger partial charge in [0.2, 0.25) is 0 Å². The van der Waals surface area contributed by atoms with Crippen LogP contribution in [0.5, 0.6) is 5.75 Å². The molecule has 1 unspecified atom stereocenters. The molecular weight excluding hydrogens is 236 g/mol. The molecule has 0 aliphatic rings. The second-order valence-electron chi connectivity index (χ2n) is 3.66. The van der Waals surface area contributed by atoms with E-state index in [1.54, 1.807) is 19.5 Å². The zero-order valence-corrected chi connectivity index (χ0v) is 10.2. The third kappa shape index (κ3) is 2.57. The number of aromatic nitrogens is 1. The van der Waals surface area contributed by atoms with Crippen molar-refractivity contribution in [2.75, 3.05) is 7.11 Å². The van der Waals surface area contributed by atoms with Crippen LogP contribution in [0.25, 0.3) is 0 Å². The second kappa shape index (κ2) is 5.17. The predicted molar refractivity (Wildman–Crippen MR) is 68.3 cm³/mol. The van der Waals surface area contributed by atoms with Crippen molar-refractivity contribution >= 4 is 11.6 Å². The second-order valence-corrected chi connectivity index (χ2v) is 4.06. The Kier molecular flexibility index (Phi) is 3.61. The van der Waals surface area contributed by atoms with Gasteiger partial charge in [-0.1, -0.05) is 29.8 Å². The lowest BCUT2D eigenvalue weighted by atomic mass is 10.0. The summed E-state index contributed by atoms with van der Waals surface area (Å²) in [5.74, 6) is 0.685. The number of pyridine rings is 1. The summed E-state index contributed by atoms with van der Waals surface area (Å²) in [5, 5.41) is 0.655. The Hall–Kier alpha value is -1.58. The smallest absolute Gasteiger partial charge is 0.137 e. The molecule has 2 N–H and O–H groups in total. The molecule has 1 atom stereocenters. The van der Waals surface area contributed by atoms with Crippen LogP contribution in [0.4, 0.5) is 0 Å². The summed E-state index contributed by atoms with van der Waals surface area (Å²) in [6, 6.07) is 9.08. The minimum atomic E-state index is -0.300. The zero-order valence-electron chi connectivity index (χ0n) is 9.43. The van der Waals surface area contributed by atoms with Crippen LogP contribution in [0.2, 0.25) is 5.02 Å². The van der Waals surface area contributed by atoms with Crippen molar-refractivity contribution in [3.63, 3.8) is 0 Å². The fraction of sp³-hybridized carbons (Fsp3) is 0.154. The number of rotatable bonds is 3. The number of hydrogen-bond acceptors (Lipinski definition) is 3. The minimum absolute atomic E-state index is 0.300. The number of nitrogens with zero attached hydrogens (tertiary/aromatic N) is 1. The molecule has 0 aliphatic heterocycles. The lowest BCUT2D eigenvalue weighted by molar-refractivity contribution is 0.412. The number of ether oxygens (including phenoxy) is 1. The molecule has 1 aromatic heterocycles. The maximum atomic E-state index is 6.16. The molecule has 17 heavy (non-hydrogen) atoms. The van der Waals surface area contributed by atoms with Gasteiger partial charge in [0, 0.05) is 11.2 Å². The fourth-order valence-corrected chi connectivity index (χ4v) is 1.88. The average molecular weight is 249 g/mol. The van der Waals surface area contributed by atoms with Crippen LogP contribution in [0.1, 0.15) is 17.2 Å². The van der Waals surface area contributed by atoms with Gasteiger partial charge < -0.3 is 10.5 Å². The van der Waals surface area contributed by atoms with Gasteiger partial charge in [-0.25, -0.2) is 0 Å². The summed E-state index contributed by atoms with van der Waals surface area (Å²) in [6.45, 7) is 0. The van der Waals surface area contributed by atoms with Crippen LogP contribution in [0, 0.1) is 0 Å². The Morgan fingerprint density at radius 1 is 1.29 bits per heavy atom. The molecule has 88 valence electrons. The topological polar surface area (TPSA) is 48.1 Å². The largest absolute Gasteiger partial charge is 0.495 e. The normalized spacial score (nSPS) is 12.2. The molecule has 0 saturated heterocycles. The zero-order chi connectivity index (χ0) is 12.3. The molecule has 0 fully saturated rings. The molecule has 0 spiro atoms. The van der Waals surface area contributed by atoms with Gasteiger partial charge in [0.05, 0.1) is 19.3 Å². The minimum Gasteiger partial charge on any atom is -0.495 e. The van der Waals surface area contributed by atoms with Crippen LogP contribution >= 0.6 is 11.6 Å². The van der Waals surface area contributed by atoms with E-state index in [4.69, 9.17) is 22.1 Å². The van der Waals surface area contributed by atoms with Crippen molar-refractivity contribution in [1.29, 1.82) is 0 Å². The molecule has 0 amide bonds. The first-order valence-corrected chi connectivity index (χ1v) is 5.59. The molecule has 3 nitrogen and oxygen atoms in total. The third-order valence-corrected chi connectivity index (χ3v) is 2.91. The Bertz CT molecular complexity index is 516. The molecule has 0 bridgehead atoms. The number of benzene rings is 1. The van der Waals surface area contributed by atoms with Gasteiger partial charge in [-0.3, -0.25) is 4.98 Å². The van der Waals surface area contributed by atoms with Crippen molar-refractivity contribution in [2.45, 2.75) is 6.04 Å². The summed E-state index contributed by atoms with van der Waals surface area (Å²) in [4.78, 5) is 4.08. The molecule has 0 aliphatic carbocycles. The number of halogens is 1. The number of methoxy groups -OCH3 is 1. The highest BCUT2D eigenvalue weighted by Gasteiger charge is 2.12. The monoisotopic (exact) mass is 248 g/mol. The first kappa shape index (κ1) is 11.9. The quantitative estimate of drug-likeness (QED) is 0.909. The van der Waals surface area contributed by atoms with E-state index in [-0.39, 0.29) is 6.04 Å². The van der Waals surface area contributed by atoms with Crippen LogP contribution in [-0.4, -0.2) is 12.1 Å². The van der Waals surface area contributed by atoms with E-state index in [0.717, 1.165) is 11.1 Å². The van der Waals surface area contributed by atoms with Crippen LogP contribution in [-0.2, 0) is 0 Å². The van der Waals surface area contributed by atoms with Gasteiger partial charge in [-0.15, -0.1) is 0 Å². The van der Waals surface area contributed by atoms with Crippen molar-refractivity contribution in [3.8, 4) is 5.75 Å². The summed E-state index contributed by atoms with van der Waals surface area (Å²) in [6.07, 6.45) is 3.36. The Morgan fingerprint density at radius 2 is 2.06 bits per heavy atom. The number of hydrogen-bond donors (Lipinski definition) is 1. The molecular formula is C13H13ClN2O. The van der Waals surface area contributed by atoms with Gasteiger partial charge >= 0.3 is 0 Å². The van der Waals surface area contributed by atoms with Crippen LogP contribution in [0.15, 0.2) is 42.7 Å². The lowest BCUT2D eigenvalue weighted by Crippen LogP contribution is -2.12. The molecule has 1 aromatic carbocycles. The maximum absolute atomic E-state index is 6.16. The first-order valence-electron chi connectivity index (χ1n) is 5.21. The molecule has 4 heteroatoms. The van der Waals surface area contributed by atoms with Gasteiger partial charge in [0.15, 0.2) is 0 Å². The van der Waals surface area contributed by atoms with Crippen molar-refractivity contribution in [3.05, 3.63) is 58.9 Å². The van der Waals surface area contributed by atoms with Crippen molar-refractivity contribution in [2.24, 2.45) is 5.73 Å². The van der Waals surface area contributed by atoms with Gasteiger partial charge in [-0.2, -0.15) is 0 Å². The first-order chi connectivity index (χ1) is 8.22. The maximum Gasteiger partial charge on any atom is 0.137 e. The van der Waals surface area contributed by atoms with Gasteiger partial charge in [0.25, 0.3) is 0 Å². The molecule has 0 saturated carbocycles. The van der Waals surface area contributed by atoms with E-state index in [2.05, 4.69) is 4.98 Å². The van der Waals surface area contributed by atoms with E-state index >= 15 is 0 Å². The number of nitrogens with two attached hydrogens (primary N) is 1. The highest BCUT2D eigenvalue weighted by Crippen LogP contribution is 2.27.